The van der Waals surface area contributed by atoms with Crippen LogP contribution in [0.3, 0.4) is 0 Å². The van der Waals surface area contributed by atoms with E-state index in [0.29, 0.717) is 12.8 Å². The Morgan fingerprint density at radius 1 is 1.35 bits per heavy atom. The van der Waals surface area contributed by atoms with Gasteiger partial charge in [-0.05, 0) is 44.1 Å². The molecule has 0 unspecified atom stereocenters. The number of carbonyl (C=O) groups excluding carboxylic acids is 1. The normalized spacial score (nSPS) is 38.1. The lowest BCUT2D eigenvalue weighted by Crippen LogP contribution is -2.42. The first kappa shape index (κ1) is 15.9. The smallest absolute Gasteiger partial charge is 0.265 e. The van der Waals surface area contributed by atoms with Crippen molar-refractivity contribution in [3.8, 4) is 0 Å². The van der Waals surface area contributed by atoms with Crippen LogP contribution in [-0.4, -0.2) is 37.1 Å². The molecule has 0 radical (unpaired) electrons. The lowest BCUT2D eigenvalue weighted by atomic mass is 9.70. The molecule has 2 saturated carbocycles. The lowest BCUT2D eigenvalue weighted by molar-refractivity contribution is -0.128. The van der Waals surface area contributed by atoms with Crippen molar-refractivity contribution in [3.63, 3.8) is 0 Å². The van der Waals surface area contributed by atoms with Crippen LogP contribution in [0.25, 0.3) is 0 Å². The summed E-state index contributed by atoms with van der Waals surface area (Å²) < 4.78 is 31.0. The maximum Gasteiger partial charge on any atom is 0.265 e. The highest BCUT2D eigenvalue weighted by molar-refractivity contribution is 7.85. The Kier molecular flexibility index (Phi) is 4.04. The Morgan fingerprint density at radius 2 is 1.90 bits per heavy atom. The summed E-state index contributed by atoms with van der Waals surface area (Å²) in [6.45, 7) is 7.33. The van der Waals surface area contributed by atoms with Gasteiger partial charge in [0.25, 0.3) is 10.1 Å². The average molecular weight is 303 g/mol. The minimum atomic E-state index is -4.08. The molecule has 3 atom stereocenters. The largest absolute Gasteiger partial charge is 0.314 e. The van der Waals surface area contributed by atoms with Crippen LogP contribution in [0.4, 0.5) is 0 Å². The number of hydrogen-bond acceptors (Lipinski definition) is 4. The fourth-order valence-electron chi connectivity index (χ4n) is 3.85. The second kappa shape index (κ2) is 5.07. The third kappa shape index (κ3) is 2.65. The number of carbonyl (C=O) groups is 1. The van der Waals surface area contributed by atoms with E-state index in [9.17, 15) is 13.2 Å². The number of rotatable bonds is 2. The van der Waals surface area contributed by atoms with E-state index < -0.39 is 21.3 Å². The second-order valence-electron chi connectivity index (χ2n) is 7.04. The third-order valence-electron chi connectivity index (χ3n) is 5.64. The summed E-state index contributed by atoms with van der Waals surface area (Å²) in [4.78, 5) is 11.9. The molecule has 1 heterocycles. The minimum Gasteiger partial charge on any atom is -0.314 e. The molecule has 20 heavy (non-hydrogen) atoms. The summed E-state index contributed by atoms with van der Waals surface area (Å²) in [5.74, 6) is -0.101. The fraction of sp³-hybridized carbons (Fsp3) is 0.929. The van der Waals surface area contributed by atoms with E-state index in [1.165, 1.54) is 13.0 Å². The van der Waals surface area contributed by atoms with Gasteiger partial charge in [-0.1, -0.05) is 13.8 Å². The molecule has 2 aliphatic carbocycles. The number of Topliss-reactive ketones (excluding diaryl/α,β-unsaturated/α-hetero) is 1. The molecule has 5 nitrogen and oxygen atoms in total. The maximum atomic E-state index is 11.9. The molecule has 2 bridgehead atoms. The number of nitrogens with one attached hydrogen (secondary N) is 1. The first-order chi connectivity index (χ1) is 9.08. The van der Waals surface area contributed by atoms with E-state index in [-0.39, 0.29) is 17.1 Å². The molecule has 0 amide bonds. The van der Waals surface area contributed by atoms with Crippen molar-refractivity contribution in [2.24, 2.45) is 16.7 Å². The molecule has 116 valence electrons. The average Bonchev–Trinajstić information content (AvgIpc) is 2.58. The van der Waals surface area contributed by atoms with Crippen LogP contribution >= 0.6 is 0 Å². The summed E-state index contributed by atoms with van der Waals surface area (Å²) in [6, 6.07) is 0.815. The van der Waals surface area contributed by atoms with E-state index in [2.05, 4.69) is 12.2 Å². The fourth-order valence-corrected chi connectivity index (χ4v) is 5.15. The van der Waals surface area contributed by atoms with E-state index in [1.54, 1.807) is 0 Å². The van der Waals surface area contributed by atoms with Gasteiger partial charge in [0.05, 0.1) is 11.2 Å². The standard InChI is InChI=1S/C10H16O4S.C4H9N/c1-9(2)7-3-4-10(9,8(11)5-7)6-15(12,13)14;1-4-2-3-5-4/h7H,3-6H2,1-2H3,(H,12,13,14);4-5H,2-3H2,1H3/t7-,10+;4-/m10/s1. The van der Waals surface area contributed by atoms with Gasteiger partial charge in [0.1, 0.15) is 5.78 Å². The molecule has 3 aliphatic rings. The highest BCUT2D eigenvalue weighted by Crippen LogP contribution is 2.64. The first-order valence-electron chi connectivity index (χ1n) is 7.30. The van der Waals surface area contributed by atoms with Crippen molar-refractivity contribution in [1.82, 2.24) is 5.32 Å². The molecule has 3 rings (SSSR count). The SMILES string of the molecule is CC1(C)[C@@H]2CC[C@]1(CS(=O)(=O)O)C(=O)C2.C[C@H]1CCN1. The quantitative estimate of drug-likeness (QED) is 0.758. The van der Waals surface area contributed by atoms with E-state index in [4.69, 9.17) is 4.55 Å². The highest BCUT2D eigenvalue weighted by Gasteiger charge is 2.65. The molecule has 0 spiro atoms. The Labute approximate surface area is 121 Å². The summed E-state index contributed by atoms with van der Waals surface area (Å²) in [5.41, 5.74) is -1.12. The van der Waals surface area contributed by atoms with Crippen molar-refractivity contribution < 1.29 is 17.8 Å². The van der Waals surface area contributed by atoms with Crippen molar-refractivity contribution >= 4 is 15.9 Å². The van der Waals surface area contributed by atoms with Crippen molar-refractivity contribution in [3.05, 3.63) is 0 Å². The van der Waals surface area contributed by atoms with Crippen LogP contribution < -0.4 is 5.32 Å². The van der Waals surface area contributed by atoms with E-state index in [1.807, 2.05) is 13.8 Å². The van der Waals surface area contributed by atoms with Crippen LogP contribution in [0.15, 0.2) is 0 Å². The monoisotopic (exact) mass is 303 g/mol. The summed E-state index contributed by atoms with van der Waals surface area (Å²) >= 11 is 0. The van der Waals surface area contributed by atoms with Crippen LogP contribution in [0.2, 0.25) is 0 Å². The van der Waals surface area contributed by atoms with Gasteiger partial charge in [-0.25, -0.2) is 0 Å². The van der Waals surface area contributed by atoms with Gasteiger partial charge >= 0.3 is 0 Å². The molecule has 3 fully saturated rings. The zero-order chi connectivity index (χ0) is 15.2. The zero-order valence-corrected chi connectivity index (χ0v) is 13.3. The number of hydrogen-bond donors (Lipinski definition) is 2. The van der Waals surface area contributed by atoms with Crippen molar-refractivity contribution in [2.45, 2.75) is 52.5 Å². The predicted molar refractivity (Wildman–Crippen MR) is 77.1 cm³/mol. The number of ketones is 1. The molecule has 0 aromatic carbocycles. The molecular formula is C14H25NO4S. The van der Waals surface area contributed by atoms with E-state index in [0.717, 1.165) is 12.5 Å². The van der Waals surface area contributed by atoms with Crippen molar-refractivity contribution in [1.29, 1.82) is 0 Å². The van der Waals surface area contributed by atoms with E-state index >= 15 is 0 Å². The summed E-state index contributed by atoms with van der Waals surface area (Å²) in [5, 5.41) is 3.21. The molecule has 0 aromatic rings. The minimum absolute atomic E-state index is 0.0152. The van der Waals surface area contributed by atoms with Gasteiger partial charge < -0.3 is 5.32 Å². The van der Waals surface area contributed by atoms with Crippen molar-refractivity contribution in [2.75, 3.05) is 12.3 Å². The Hall–Kier alpha value is -0.460. The Morgan fingerprint density at radius 3 is 2.15 bits per heavy atom. The van der Waals surface area contributed by atoms with Crippen LogP contribution in [0, 0.1) is 16.7 Å². The Bertz CT molecular complexity index is 495. The first-order valence-corrected chi connectivity index (χ1v) is 8.91. The topological polar surface area (TPSA) is 83.5 Å². The van der Waals surface area contributed by atoms with Gasteiger partial charge in [0.15, 0.2) is 0 Å². The third-order valence-corrected chi connectivity index (χ3v) is 6.50. The number of fused-ring (bicyclic) bond motifs is 2. The van der Waals surface area contributed by atoms with Gasteiger partial charge in [-0.15, -0.1) is 0 Å². The molecule has 6 heteroatoms. The molecule has 1 saturated heterocycles. The maximum absolute atomic E-state index is 11.9. The summed E-state index contributed by atoms with van der Waals surface area (Å²) in [6.07, 6.45) is 3.35. The molecular weight excluding hydrogens is 278 g/mol. The Balaban J connectivity index is 0.000000247. The highest BCUT2D eigenvalue weighted by atomic mass is 32.2. The van der Waals surface area contributed by atoms with Gasteiger partial charge in [0, 0.05) is 12.5 Å². The molecule has 1 aliphatic heterocycles. The van der Waals surface area contributed by atoms with Gasteiger partial charge in [-0.3, -0.25) is 9.35 Å². The molecule has 2 N–H and O–H groups in total. The molecule has 0 aromatic heterocycles. The summed E-state index contributed by atoms with van der Waals surface area (Å²) in [7, 11) is -4.08. The van der Waals surface area contributed by atoms with Crippen LogP contribution in [0.5, 0.6) is 0 Å². The zero-order valence-electron chi connectivity index (χ0n) is 12.5. The van der Waals surface area contributed by atoms with Crippen LogP contribution in [-0.2, 0) is 14.9 Å². The lowest BCUT2D eigenvalue weighted by Gasteiger charge is -2.35. The second-order valence-corrected chi connectivity index (χ2v) is 8.49. The van der Waals surface area contributed by atoms with Crippen LogP contribution in [0.1, 0.15) is 46.5 Å². The van der Waals surface area contributed by atoms with Gasteiger partial charge in [0.2, 0.25) is 0 Å². The van der Waals surface area contributed by atoms with Gasteiger partial charge in [-0.2, -0.15) is 8.42 Å². The predicted octanol–water partition coefficient (Wildman–Crippen LogP) is 1.64.